The third kappa shape index (κ3) is 2.97. The molecule has 1 aromatic heterocycles. The molecule has 0 aliphatic heterocycles. The Labute approximate surface area is 124 Å². The first kappa shape index (κ1) is 14.8. The van der Waals surface area contributed by atoms with Crippen LogP contribution in [0.2, 0.25) is 0 Å². The van der Waals surface area contributed by atoms with Gasteiger partial charge in [0, 0.05) is 12.2 Å². The molecule has 0 saturated heterocycles. The summed E-state index contributed by atoms with van der Waals surface area (Å²) >= 11 is 0. The van der Waals surface area contributed by atoms with Gasteiger partial charge in [-0.15, -0.1) is 0 Å². The molecule has 0 aliphatic rings. The van der Waals surface area contributed by atoms with Crippen LogP contribution >= 0.6 is 0 Å². The summed E-state index contributed by atoms with van der Waals surface area (Å²) < 4.78 is 4.71. The molecule has 0 aliphatic carbocycles. The van der Waals surface area contributed by atoms with Crippen molar-refractivity contribution < 1.29 is 9.53 Å². The van der Waals surface area contributed by atoms with Crippen LogP contribution in [0.25, 0.3) is 0 Å². The van der Waals surface area contributed by atoms with Gasteiger partial charge in [0.15, 0.2) is 11.5 Å². The molecule has 1 aromatic carbocycles. The van der Waals surface area contributed by atoms with Crippen molar-refractivity contribution in [2.75, 3.05) is 24.3 Å². The fourth-order valence-corrected chi connectivity index (χ4v) is 2.19. The lowest BCUT2D eigenvalue weighted by Crippen LogP contribution is -2.21. The standard InChI is InChI=1S/C16H19N3O2/c1-4-19(14-8-6-5-7-11(14)2)15-12(17)9-10-13(18-15)16(20)21-3/h5-10H,4,17H2,1-3H3. The van der Waals surface area contributed by atoms with Crippen LogP contribution in [0.1, 0.15) is 23.0 Å². The minimum absolute atomic E-state index is 0.244. The first-order valence-corrected chi connectivity index (χ1v) is 6.76. The van der Waals surface area contributed by atoms with Gasteiger partial charge in [-0.25, -0.2) is 9.78 Å². The third-order valence-electron chi connectivity index (χ3n) is 3.28. The lowest BCUT2D eigenvalue weighted by Gasteiger charge is -2.25. The molecule has 0 bridgehead atoms. The third-order valence-corrected chi connectivity index (χ3v) is 3.28. The summed E-state index contributed by atoms with van der Waals surface area (Å²) in [5, 5.41) is 0. The summed E-state index contributed by atoms with van der Waals surface area (Å²) in [4.78, 5) is 18.0. The molecule has 0 saturated carbocycles. The summed E-state index contributed by atoms with van der Waals surface area (Å²) in [6.07, 6.45) is 0. The highest BCUT2D eigenvalue weighted by Crippen LogP contribution is 2.30. The van der Waals surface area contributed by atoms with E-state index in [2.05, 4.69) is 4.98 Å². The zero-order chi connectivity index (χ0) is 15.4. The molecule has 2 aromatic rings. The van der Waals surface area contributed by atoms with E-state index in [1.54, 1.807) is 12.1 Å². The molecule has 0 amide bonds. The number of anilines is 3. The van der Waals surface area contributed by atoms with Crippen molar-refractivity contribution in [3.05, 3.63) is 47.7 Å². The number of carbonyl (C=O) groups excluding carboxylic acids is 1. The zero-order valence-electron chi connectivity index (χ0n) is 12.5. The van der Waals surface area contributed by atoms with E-state index in [1.165, 1.54) is 7.11 Å². The van der Waals surface area contributed by atoms with Gasteiger partial charge in [0.1, 0.15) is 0 Å². The van der Waals surface area contributed by atoms with Gasteiger partial charge in [0.25, 0.3) is 0 Å². The largest absolute Gasteiger partial charge is 0.464 e. The Morgan fingerprint density at radius 2 is 2.00 bits per heavy atom. The molecule has 0 atom stereocenters. The second-order valence-electron chi connectivity index (χ2n) is 4.63. The number of hydrogen-bond donors (Lipinski definition) is 1. The SMILES string of the molecule is CCN(c1ccccc1C)c1nc(C(=O)OC)ccc1N. The maximum atomic E-state index is 11.6. The lowest BCUT2D eigenvalue weighted by molar-refractivity contribution is 0.0594. The quantitative estimate of drug-likeness (QED) is 0.875. The first-order valence-electron chi connectivity index (χ1n) is 6.76. The zero-order valence-corrected chi connectivity index (χ0v) is 12.5. The van der Waals surface area contributed by atoms with Crippen LogP contribution in [0.15, 0.2) is 36.4 Å². The van der Waals surface area contributed by atoms with Gasteiger partial charge in [0.05, 0.1) is 12.8 Å². The summed E-state index contributed by atoms with van der Waals surface area (Å²) in [6, 6.07) is 11.2. The van der Waals surface area contributed by atoms with Crippen LogP contribution in [0.4, 0.5) is 17.2 Å². The number of ether oxygens (including phenoxy) is 1. The Kier molecular flexibility index (Phi) is 4.42. The molecule has 2 N–H and O–H groups in total. The van der Waals surface area contributed by atoms with Crippen LogP contribution < -0.4 is 10.6 Å². The minimum Gasteiger partial charge on any atom is -0.464 e. The molecule has 21 heavy (non-hydrogen) atoms. The fraction of sp³-hybridized carbons (Fsp3) is 0.250. The number of para-hydroxylation sites is 1. The van der Waals surface area contributed by atoms with Crippen molar-refractivity contribution in [2.24, 2.45) is 0 Å². The van der Waals surface area contributed by atoms with E-state index in [4.69, 9.17) is 10.5 Å². The van der Waals surface area contributed by atoms with Gasteiger partial charge in [-0.05, 0) is 37.6 Å². The van der Waals surface area contributed by atoms with Gasteiger partial charge in [0.2, 0.25) is 0 Å². The van der Waals surface area contributed by atoms with Gasteiger partial charge < -0.3 is 15.4 Å². The van der Waals surface area contributed by atoms with Crippen molar-refractivity contribution in [1.29, 1.82) is 0 Å². The minimum atomic E-state index is -0.475. The molecule has 0 radical (unpaired) electrons. The Hall–Kier alpha value is -2.56. The second kappa shape index (κ2) is 6.26. The van der Waals surface area contributed by atoms with Gasteiger partial charge in [-0.2, -0.15) is 0 Å². The van der Waals surface area contributed by atoms with E-state index in [9.17, 15) is 4.79 Å². The molecular formula is C16H19N3O2. The Morgan fingerprint density at radius 3 is 2.62 bits per heavy atom. The monoisotopic (exact) mass is 285 g/mol. The van der Waals surface area contributed by atoms with Gasteiger partial charge in [-0.1, -0.05) is 18.2 Å². The normalized spacial score (nSPS) is 10.2. The van der Waals surface area contributed by atoms with Crippen molar-refractivity contribution in [3.63, 3.8) is 0 Å². The predicted octanol–water partition coefficient (Wildman–Crippen LogP) is 2.92. The predicted molar refractivity (Wildman–Crippen MR) is 83.8 cm³/mol. The molecule has 5 heteroatoms. The first-order chi connectivity index (χ1) is 10.1. The molecule has 0 spiro atoms. The van der Waals surface area contributed by atoms with Crippen molar-refractivity contribution in [2.45, 2.75) is 13.8 Å². The summed E-state index contributed by atoms with van der Waals surface area (Å²) in [7, 11) is 1.33. The highest BCUT2D eigenvalue weighted by atomic mass is 16.5. The average molecular weight is 285 g/mol. The number of carbonyl (C=O) groups is 1. The summed E-state index contributed by atoms with van der Waals surface area (Å²) in [5.41, 5.74) is 8.93. The number of aromatic nitrogens is 1. The number of rotatable bonds is 4. The fourth-order valence-electron chi connectivity index (χ4n) is 2.19. The number of esters is 1. The number of benzene rings is 1. The number of nitrogens with two attached hydrogens (primary N) is 1. The Bertz CT molecular complexity index is 656. The molecule has 5 nitrogen and oxygen atoms in total. The van der Waals surface area contributed by atoms with Crippen molar-refractivity contribution >= 4 is 23.2 Å². The number of hydrogen-bond acceptors (Lipinski definition) is 5. The highest BCUT2D eigenvalue weighted by molar-refractivity contribution is 5.89. The number of nitrogens with zero attached hydrogens (tertiary/aromatic N) is 2. The number of pyridine rings is 1. The second-order valence-corrected chi connectivity index (χ2v) is 4.63. The van der Waals surface area contributed by atoms with Crippen LogP contribution in [-0.2, 0) is 4.74 Å². The highest BCUT2D eigenvalue weighted by Gasteiger charge is 2.17. The van der Waals surface area contributed by atoms with E-state index in [1.807, 2.05) is 43.0 Å². The summed E-state index contributed by atoms with van der Waals surface area (Å²) in [5.74, 6) is 0.0896. The number of methoxy groups -OCH3 is 1. The van der Waals surface area contributed by atoms with Crippen LogP contribution in [-0.4, -0.2) is 24.6 Å². The molecule has 110 valence electrons. The van der Waals surface area contributed by atoms with E-state index < -0.39 is 5.97 Å². The van der Waals surface area contributed by atoms with Crippen LogP contribution in [0.5, 0.6) is 0 Å². The van der Waals surface area contributed by atoms with E-state index in [0.29, 0.717) is 18.1 Å². The van der Waals surface area contributed by atoms with Crippen LogP contribution in [0, 0.1) is 6.92 Å². The van der Waals surface area contributed by atoms with E-state index in [0.717, 1.165) is 11.3 Å². The van der Waals surface area contributed by atoms with Crippen molar-refractivity contribution in [3.8, 4) is 0 Å². The van der Waals surface area contributed by atoms with E-state index >= 15 is 0 Å². The maximum Gasteiger partial charge on any atom is 0.356 e. The molecule has 1 heterocycles. The average Bonchev–Trinajstić information content (AvgIpc) is 2.50. The molecule has 0 fully saturated rings. The Morgan fingerprint density at radius 1 is 1.29 bits per heavy atom. The molecule has 2 rings (SSSR count). The summed E-state index contributed by atoms with van der Waals surface area (Å²) in [6.45, 7) is 4.73. The molecular weight excluding hydrogens is 266 g/mol. The maximum absolute atomic E-state index is 11.6. The van der Waals surface area contributed by atoms with Gasteiger partial charge in [-0.3, -0.25) is 0 Å². The topological polar surface area (TPSA) is 68.5 Å². The lowest BCUT2D eigenvalue weighted by atomic mass is 10.1. The smallest absolute Gasteiger partial charge is 0.356 e. The van der Waals surface area contributed by atoms with Crippen LogP contribution in [0.3, 0.4) is 0 Å². The van der Waals surface area contributed by atoms with Gasteiger partial charge >= 0.3 is 5.97 Å². The Balaban J connectivity index is 2.52. The van der Waals surface area contributed by atoms with E-state index in [-0.39, 0.29) is 5.69 Å². The molecule has 0 unspecified atom stereocenters. The number of aryl methyl sites for hydroxylation is 1. The number of nitrogen functional groups attached to an aromatic ring is 1. The van der Waals surface area contributed by atoms with Crippen molar-refractivity contribution in [1.82, 2.24) is 4.98 Å².